The Hall–Kier alpha value is -1.99. The van der Waals surface area contributed by atoms with Crippen LogP contribution in [0.5, 0.6) is 0 Å². The molecule has 0 amide bonds. The van der Waals surface area contributed by atoms with E-state index in [1.807, 2.05) is 31.2 Å². The summed E-state index contributed by atoms with van der Waals surface area (Å²) in [5.74, 6) is 0. The summed E-state index contributed by atoms with van der Waals surface area (Å²) >= 11 is 3.44. The van der Waals surface area contributed by atoms with Gasteiger partial charge in [-0.15, -0.1) is 0 Å². The van der Waals surface area contributed by atoms with Gasteiger partial charge in [0, 0.05) is 15.8 Å². The molecule has 0 fully saturated rings. The van der Waals surface area contributed by atoms with Crippen molar-refractivity contribution in [3.8, 4) is 6.07 Å². The first-order chi connectivity index (χ1) is 8.61. The summed E-state index contributed by atoms with van der Waals surface area (Å²) < 4.78 is 0.850. The van der Waals surface area contributed by atoms with E-state index in [0.717, 1.165) is 27.1 Å². The van der Waals surface area contributed by atoms with E-state index in [4.69, 9.17) is 11.0 Å². The third-order valence-corrected chi connectivity index (χ3v) is 3.40. The van der Waals surface area contributed by atoms with Crippen molar-refractivity contribution < 1.29 is 0 Å². The van der Waals surface area contributed by atoms with Crippen LogP contribution in [-0.4, -0.2) is 0 Å². The van der Waals surface area contributed by atoms with Crippen LogP contribution >= 0.6 is 15.9 Å². The molecule has 0 aliphatic carbocycles. The van der Waals surface area contributed by atoms with Crippen molar-refractivity contribution in [2.24, 2.45) is 0 Å². The van der Waals surface area contributed by atoms with E-state index < -0.39 is 0 Å². The van der Waals surface area contributed by atoms with Crippen LogP contribution in [0.15, 0.2) is 40.9 Å². The Balaban J connectivity index is 2.35. The number of anilines is 3. The molecule has 4 heteroatoms. The van der Waals surface area contributed by atoms with E-state index >= 15 is 0 Å². The van der Waals surface area contributed by atoms with Crippen LogP contribution in [0.1, 0.15) is 11.1 Å². The summed E-state index contributed by atoms with van der Waals surface area (Å²) in [6.07, 6.45) is 0. The van der Waals surface area contributed by atoms with Crippen molar-refractivity contribution in [2.45, 2.75) is 6.92 Å². The SMILES string of the molecule is Cc1c(N)cccc1Nc1ccc(C#N)cc1Br. The zero-order valence-electron chi connectivity index (χ0n) is 9.87. The molecule has 0 heterocycles. The third-order valence-electron chi connectivity index (χ3n) is 2.74. The fraction of sp³-hybridized carbons (Fsp3) is 0.0714. The number of benzene rings is 2. The summed E-state index contributed by atoms with van der Waals surface area (Å²) in [7, 11) is 0. The summed E-state index contributed by atoms with van der Waals surface area (Å²) in [6, 6.07) is 13.3. The highest BCUT2D eigenvalue weighted by Gasteiger charge is 2.05. The number of nitrogens with one attached hydrogen (secondary N) is 1. The number of rotatable bonds is 2. The molecule has 2 aromatic rings. The van der Waals surface area contributed by atoms with Gasteiger partial charge in [0.05, 0.1) is 17.3 Å². The molecule has 0 unspecified atom stereocenters. The standard InChI is InChI=1S/C14H12BrN3/c1-9-12(17)3-2-4-13(9)18-14-6-5-10(8-16)7-11(14)15/h2-7,18H,17H2,1H3. The van der Waals surface area contributed by atoms with Gasteiger partial charge in [0.25, 0.3) is 0 Å². The highest BCUT2D eigenvalue weighted by atomic mass is 79.9. The van der Waals surface area contributed by atoms with Crippen molar-refractivity contribution in [3.63, 3.8) is 0 Å². The third kappa shape index (κ3) is 2.47. The maximum absolute atomic E-state index is 8.82. The van der Waals surface area contributed by atoms with Gasteiger partial charge in [0.2, 0.25) is 0 Å². The van der Waals surface area contributed by atoms with E-state index in [9.17, 15) is 0 Å². The molecule has 0 atom stereocenters. The van der Waals surface area contributed by atoms with Gasteiger partial charge in [-0.25, -0.2) is 0 Å². The Morgan fingerprint density at radius 1 is 1.22 bits per heavy atom. The van der Waals surface area contributed by atoms with E-state index in [1.165, 1.54) is 0 Å². The minimum absolute atomic E-state index is 0.622. The first-order valence-electron chi connectivity index (χ1n) is 5.43. The monoisotopic (exact) mass is 301 g/mol. The second kappa shape index (κ2) is 5.11. The lowest BCUT2D eigenvalue weighted by atomic mass is 10.1. The minimum atomic E-state index is 0.622. The molecular weight excluding hydrogens is 290 g/mol. The average molecular weight is 302 g/mol. The van der Waals surface area contributed by atoms with E-state index in [1.54, 1.807) is 12.1 Å². The number of nitrogens with zero attached hydrogens (tertiary/aromatic N) is 1. The van der Waals surface area contributed by atoms with E-state index in [2.05, 4.69) is 27.3 Å². The van der Waals surface area contributed by atoms with Gasteiger partial charge in [0.1, 0.15) is 0 Å². The number of hydrogen-bond acceptors (Lipinski definition) is 3. The molecular formula is C14H12BrN3. The molecule has 0 aromatic heterocycles. The molecule has 3 N–H and O–H groups in total. The summed E-state index contributed by atoms with van der Waals surface area (Å²) in [4.78, 5) is 0. The number of nitrogens with two attached hydrogens (primary N) is 1. The highest BCUT2D eigenvalue weighted by Crippen LogP contribution is 2.29. The van der Waals surface area contributed by atoms with E-state index in [0.29, 0.717) is 5.56 Å². The second-order valence-corrected chi connectivity index (χ2v) is 4.81. The normalized spacial score (nSPS) is 9.83. The molecule has 18 heavy (non-hydrogen) atoms. The van der Waals surface area contributed by atoms with Crippen LogP contribution in [-0.2, 0) is 0 Å². The van der Waals surface area contributed by atoms with Crippen LogP contribution in [0, 0.1) is 18.3 Å². The minimum Gasteiger partial charge on any atom is -0.398 e. The van der Waals surface area contributed by atoms with Crippen LogP contribution < -0.4 is 11.1 Å². The lowest BCUT2D eigenvalue weighted by molar-refractivity contribution is 1.41. The summed E-state index contributed by atoms with van der Waals surface area (Å²) in [5.41, 5.74) is 10.1. The van der Waals surface area contributed by atoms with Gasteiger partial charge in [0.15, 0.2) is 0 Å². The molecule has 3 nitrogen and oxygen atoms in total. The largest absolute Gasteiger partial charge is 0.398 e. The molecule has 0 radical (unpaired) electrons. The van der Waals surface area contributed by atoms with Gasteiger partial charge in [-0.05, 0) is 58.7 Å². The van der Waals surface area contributed by atoms with Gasteiger partial charge in [-0.2, -0.15) is 5.26 Å². The van der Waals surface area contributed by atoms with Crippen LogP contribution in [0.2, 0.25) is 0 Å². The molecule has 0 spiro atoms. The molecule has 0 aliphatic rings. The van der Waals surface area contributed by atoms with Gasteiger partial charge in [-0.1, -0.05) is 6.07 Å². The Labute approximate surface area is 114 Å². The summed E-state index contributed by atoms with van der Waals surface area (Å²) in [5, 5.41) is 12.1. The Morgan fingerprint density at radius 2 is 2.00 bits per heavy atom. The van der Waals surface area contributed by atoms with Gasteiger partial charge >= 0.3 is 0 Å². The van der Waals surface area contributed by atoms with Crippen molar-refractivity contribution in [2.75, 3.05) is 11.1 Å². The first-order valence-corrected chi connectivity index (χ1v) is 6.23. The van der Waals surface area contributed by atoms with Crippen molar-refractivity contribution in [1.29, 1.82) is 5.26 Å². The van der Waals surface area contributed by atoms with Gasteiger partial charge < -0.3 is 11.1 Å². The average Bonchev–Trinajstić information content (AvgIpc) is 2.37. The Morgan fingerprint density at radius 3 is 2.67 bits per heavy atom. The smallest absolute Gasteiger partial charge is 0.0992 e. The zero-order valence-corrected chi connectivity index (χ0v) is 11.5. The topological polar surface area (TPSA) is 61.8 Å². The quantitative estimate of drug-likeness (QED) is 0.826. The number of hydrogen-bond donors (Lipinski definition) is 2. The lowest BCUT2D eigenvalue weighted by Gasteiger charge is -2.12. The zero-order chi connectivity index (χ0) is 13.1. The number of nitrogen functional groups attached to an aromatic ring is 1. The predicted molar refractivity (Wildman–Crippen MR) is 77.7 cm³/mol. The number of halogens is 1. The molecule has 2 aromatic carbocycles. The molecule has 0 bridgehead atoms. The van der Waals surface area contributed by atoms with Crippen LogP contribution in [0.4, 0.5) is 17.1 Å². The van der Waals surface area contributed by atoms with Crippen molar-refractivity contribution >= 4 is 33.0 Å². The van der Waals surface area contributed by atoms with E-state index in [-0.39, 0.29) is 0 Å². The molecule has 2 rings (SSSR count). The molecule has 90 valence electrons. The van der Waals surface area contributed by atoms with Gasteiger partial charge in [-0.3, -0.25) is 0 Å². The lowest BCUT2D eigenvalue weighted by Crippen LogP contribution is -1.97. The predicted octanol–water partition coefficient (Wildman–Crippen LogP) is 3.96. The number of nitriles is 1. The van der Waals surface area contributed by atoms with Crippen molar-refractivity contribution in [1.82, 2.24) is 0 Å². The maximum Gasteiger partial charge on any atom is 0.0992 e. The Bertz CT molecular complexity index is 629. The molecule has 0 saturated heterocycles. The molecule has 0 aliphatic heterocycles. The fourth-order valence-corrected chi connectivity index (χ4v) is 2.10. The fourth-order valence-electron chi connectivity index (χ4n) is 1.62. The van der Waals surface area contributed by atoms with Crippen molar-refractivity contribution in [3.05, 3.63) is 52.0 Å². The van der Waals surface area contributed by atoms with Crippen LogP contribution in [0.25, 0.3) is 0 Å². The molecule has 0 saturated carbocycles. The summed E-state index contributed by atoms with van der Waals surface area (Å²) in [6.45, 7) is 1.97. The second-order valence-electron chi connectivity index (χ2n) is 3.95. The highest BCUT2D eigenvalue weighted by molar-refractivity contribution is 9.10. The maximum atomic E-state index is 8.82. The Kier molecular flexibility index (Phi) is 3.54. The van der Waals surface area contributed by atoms with Crippen LogP contribution in [0.3, 0.4) is 0 Å². The first kappa shape index (κ1) is 12.5.